The molecule has 0 bridgehead atoms. The van der Waals surface area contributed by atoms with E-state index in [1.807, 2.05) is 0 Å². The molecule has 2 rings (SSSR count). The SMILES string of the molecule is Cc1ccc(CC(C)Nc2cccc(C(=O)O)c2N)s1. The minimum absolute atomic E-state index is 0.133. The third-order valence-electron chi connectivity index (χ3n) is 3.04. The number of aryl methyl sites for hydroxylation is 1. The van der Waals surface area contributed by atoms with E-state index >= 15 is 0 Å². The molecule has 0 saturated carbocycles. The minimum Gasteiger partial charge on any atom is -0.478 e. The van der Waals surface area contributed by atoms with Gasteiger partial charge in [0.05, 0.1) is 16.9 Å². The van der Waals surface area contributed by atoms with Crippen LogP contribution in [-0.4, -0.2) is 17.1 Å². The summed E-state index contributed by atoms with van der Waals surface area (Å²) in [5, 5.41) is 12.3. The molecule has 4 N–H and O–H groups in total. The van der Waals surface area contributed by atoms with E-state index in [-0.39, 0.29) is 17.3 Å². The first kappa shape index (κ1) is 14.4. The van der Waals surface area contributed by atoms with Crippen molar-refractivity contribution < 1.29 is 9.90 Å². The number of nitrogens with two attached hydrogens (primary N) is 1. The lowest BCUT2D eigenvalue weighted by Crippen LogP contribution is -2.19. The number of anilines is 2. The van der Waals surface area contributed by atoms with Crippen LogP contribution in [-0.2, 0) is 6.42 Å². The maximum Gasteiger partial charge on any atom is 0.337 e. The zero-order valence-electron chi connectivity index (χ0n) is 11.5. The Labute approximate surface area is 122 Å². The van der Waals surface area contributed by atoms with Crippen molar-refractivity contribution in [1.82, 2.24) is 0 Å². The van der Waals surface area contributed by atoms with Gasteiger partial charge in [0, 0.05) is 22.2 Å². The Morgan fingerprint density at radius 2 is 2.15 bits per heavy atom. The van der Waals surface area contributed by atoms with E-state index in [0.29, 0.717) is 5.69 Å². The second kappa shape index (κ2) is 5.96. The summed E-state index contributed by atoms with van der Waals surface area (Å²) < 4.78 is 0. The molecule has 0 radical (unpaired) electrons. The monoisotopic (exact) mass is 290 g/mol. The second-order valence-electron chi connectivity index (χ2n) is 4.83. The van der Waals surface area contributed by atoms with Gasteiger partial charge in [-0.25, -0.2) is 4.79 Å². The molecule has 1 heterocycles. The molecule has 20 heavy (non-hydrogen) atoms. The van der Waals surface area contributed by atoms with Gasteiger partial charge in [0.25, 0.3) is 0 Å². The number of carboxylic acid groups (broad SMARTS) is 1. The topological polar surface area (TPSA) is 75.3 Å². The molecule has 0 amide bonds. The number of hydrogen-bond acceptors (Lipinski definition) is 4. The fourth-order valence-electron chi connectivity index (χ4n) is 2.09. The highest BCUT2D eigenvalue weighted by Crippen LogP contribution is 2.25. The van der Waals surface area contributed by atoms with Crippen molar-refractivity contribution in [3.05, 3.63) is 45.6 Å². The van der Waals surface area contributed by atoms with Gasteiger partial charge < -0.3 is 16.2 Å². The Bertz CT molecular complexity index is 622. The number of carbonyl (C=O) groups is 1. The third-order valence-corrected chi connectivity index (χ3v) is 4.06. The van der Waals surface area contributed by atoms with Crippen molar-refractivity contribution in [2.75, 3.05) is 11.1 Å². The summed E-state index contributed by atoms with van der Waals surface area (Å²) in [7, 11) is 0. The molecule has 0 aliphatic carbocycles. The van der Waals surface area contributed by atoms with E-state index in [0.717, 1.165) is 6.42 Å². The molecule has 0 spiro atoms. The molecule has 0 fully saturated rings. The van der Waals surface area contributed by atoms with E-state index in [4.69, 9.17) is 10.8 Å². The zero-order chi connectivity index (χ0) is 14.7. The average molecular weight is 290 g/mol. The fourth-order valence-corrected chi connectivity index (χ4v) is 3.11. The van der Waals surface area contributed by atoms with Crippen molar-refractivity contribution in [1.29, 1.82) is 0 Å². The molecule has 4 nitrogen and oxygen atoms in total. The normalized spacial score (nSPS) is 12.1. The Morgan fingerprint density at radius 3 is 2.75 bits per heavy atom. The van der Waals surface area contributed by atoms with Gasteiger partial charge in [0.15, 0.2) is 0 Å². The van der Waals surface area contributed by atoms with Crippen molar-refractivity contribution in [2.24, 2.45) is 0 Å². The lowest BCUT2D eigenvalue weighted by Gasteiger charge is -2.17. The van der Waals surface area contributed by atoms with Crippen molar-refractivity contribution >= 4 is 28.7 Å². The number of rotatable bonds is 5. The van der Waals surface area contributed by atoms with Gasteiger partial charge in [-0.2, -0.15) is 0 Å². The molecule has 0 aliphatic heterocycles. The maximum absolute atomic E-state index is 11.0. The van der Waals surface area contributed by atoms with Crippen LogP contribution < -0.4 is 11.1 Å². The summed E-state index contributed by atoms with van der Waals surface area (Å²) in [5.41, 5.74) is 6.98. The van der Waals surface area contributed by atoms with E-state index in [1.165, 1.54) is 15.8 Å². The summed E-state index contributed by atoms with van der Waals surface area (Å²) in [4.78, 5) is 13.6. The first-order valence-electron chi connectivity index (χ1n) is 6.41. The molecule has 106 valence electrons. The lowest BCUT2D eigenvalue weighted by atomic mass is 10.1. The van der Waals surface area contributed by atoms with Crippen LogP contribution in [0.2, 0.25) is 0 Å². The summed E-state index contributed by atoms with van der Waals surface area (Å²) >= 11 is 1.77. The predicted octanol–water partition coefficient (Wildman–Crippen LogP) is 3.38. The number of para-hydroxylation sites is 1. The van der Waals surface area contributed by atoms with Gasteiger partial charge in [-0.1, -0.05) is 6.07 Å². The number of hydrogen-bond donors (Lipinski definition) is 3. The molecular formula is C15H18N2O2S. The lowest BCUT2D eigenvalue weighted by molar-refractivity contribution is 0.0698. The number of nitrogen functional groups attached to an aromatic ring is 1. The van der Waals surface area contributed by atoms with Crippen LogP contribution in [0, 0.1) is 6.92 Å². The first-order chi connectivity index (χ1) is 9.47. The predicted molar refractivity (Wildman–Crippen MR) is 83.7 cm³/mol. The average Bonchev–Trinajstić information content (AvgIpc) is 2.77. The Balaban J connectivity index is 2.09. The van der Waals surface area contributed by atoms with Crippen LogP contribution >= 0.6 is 11.3 Å². The van der Waals surface area contributed by atoms with Crippen LogP contribution in [0.1, 0.15) is 27.0 Å². The quantitative estimate of drug-likeness (QED) is 0.738. The third kappa shape index (κ3) is 3.30. The van der Waals surface area contributed by atoms with Gasteiger partial charge >= 0.3 is 5.97 Å². The van der Waals surface area contributed by atoms with Gasteiger partial charge in [-0.05, 0) is 38.1 Å². The van der Waals surface area contributed by atoms with Gasteiger partial charge in [-0.3, -0.25) is 0 Å². The van der Waals surface area contributed by atoms with Crippen LogP contribution in [0.25, 0.3) is 0 Å². The Kier molecular flexibility index (Phi) is 4.29. The van der Waals surface area contributed by atoms with Crippen LogP contribution in [0.4, 0.5) is 11.4 Å². The molecular weight excluding hydrogens is 272 g/mol. The Morgan fingerprint density at radius 1 is 1.40 bits per heavy atom. The molecule has 0 aliphatic rings. The number of nitrogens with one attached hydrogen (secondary N) is 1. The highest BCUT2D eigenvalue weighted by molar-refractivity contribution is 7.11. The summed E-state index contributed by atoms with van der Waals surface area (Å²) in [6.45, 7) is 4.14. The fraction of sp³-hybridized carbons (Fsp3) is 0.267. The van der Waals surface area contributed by atoms with E-state index in [2.05, 4.69) is 31.3 Å². The molecule has 5 heteroatoms. The van der Waals surface area contributed by atoms with Crippen molar-refractivity contribution in [3.63, 3.8) is 0 Å². The van der Waals surface area contributed by atoms with Crippen LogP contribution in [0.15, 0.2) is 30.3 Å². The number of benzene rings is 1. The van der Waals surface area contributed by atoms with Crippen molar-refractivity contribution in [3.8, 4) is 0 Å². The van der Waals surface area contributed by atoms with Gasteiger partial charge in [-0.15, -0.1) is 11.3 Å². The molecule has 1 atom stereocenters. The summed E-state index contributed by atoms with van der Waals surface area (Å²) in [6.07, 6.45) is 0.884. The molecule has 1 aromatic heterocycles. The molecule has 1 unspecified atom stereocenters. The van der Waals surface area contributed by atoms with E-state index < -0.39 is 5.97 Å². The van der Waals surface area contributed by atoms with Crippen LogP contribution in [0.3, 0.4) is 0 Å². The minimum atomic E-state index is -1.01. The molecule has 1 aromatic carbocycles. The maximum atomic E-state index is 11.0. The smallest absolute Gasteiger partial charge is 0.337 e. The number of thiophene rings is 1. The highest BCUT2D eigenvalue weighted by atomic mass is 32.1. The van der Waals surface area contributed by atoms with Gasteiger partial charge in [0.1, 0.15) is 0 Å². The highest BCUT2D eigenvalue weighted by Gasteiger charge is 2.13. The molecule has 0 saturated heterocycles. The van der Waals surface area contributed by atoms with E-state index in [1.54, 1.807) is 23.5 Å². The first-order valence-corrected chi connectivity index (χ1v) is 7.22. The summed E-state index contributed by atoms with van der Waals surface area (Å²) in [6, 6.07) is 9.42. The second-order valence-corrected chi connectivity index (χ2v) is 6.21. The Hall–Kier alpha value is -2.01. The standard InChI is InChI=1S/C15H18N2O2S/c1-9(8-11-7-6-10(2)20-11)17-13-5-3-4-12(14(13)16)15(18)19/h3-7,9,17H,8,16H2,1-2H3,(H,18,19). The summed E-state index contributed by atoms with van der Waals surface area (Å²) in [5.74, 6) is -1.01. The zero-order valence-corrected chi connectivity index (χ0v) is 12.3. The number of carboxylic acids is 1. The van der Waals surface area contributed by atoms with Crippen LogP contribution in [0.5, 0.6) is 0 Å². The van der Waals surface area contributed by atoms with E-state index in [9.17, 15) is 4.79 Å². The largest absolute Gasteiger partial charge is 0.478 e. The molecule has 2 aromatic rings. The van der Waals surface area contributed by atoms with Crippen molar-refractivity contribution in [2.45, 2.75) is 26.3 Å². The number of aromatic carboxylic acids is 1. The van der Waals surface area contributed by atoms with Gasteiger partial charge in [0.2, 0.25) is 0 Å².